The van der Waals surface area contributed by atoms with Crippen molar-refractivity contribution in [2.45, 2.75) is 211 Å². The van der Waals surface area contributed by atoms with E-state index in [1.165, 1.54) is 43.8 Å². The van der Waals surface area contributed by atoms with Crippen LogP contribution in [0.2, 0.25) is 0 Å². The molecule has 1 aliphatic heterocycles. The second-order valence-corrected chi connectivity index (χ2v) is 21.3. The van der Waals surface area contributed by atoms with Crippen molar-refractivity contribution in [3.63, 3.8) is 0 Å². The third kappa shape index (κ3) is 19.8. The first-order valence-corrected chi connectivity index (χ1v) is 25.1. The van der Waals surface area contributed by atoms with Crippen molar-refractivity contribution in [3.05, 3.63) is 147 Å². The van der Waals surface area contributed by atoms with Gasteiger partial charge in [-0.2, -0.15) is 20.4 Å². The van der Waals surface area contributed by atoms with Gasteiger partial charge in [0, 0.05) is 39.1 Å². The molecular weight excluding hydrogens is 901 g/mol. The van der Waals surface area contributed by atoms with Gasteiger partial charge >= 0.3 is 0 Å². The van der Waals surface area contributed by atoms with E-state index in [0.717, 1.165) is 97.3 Å². The summed E-state index contributed by atoms with van der Waals surface area (Å²) in [6.07, 6.45) is 1.78. The molecule has 1 aliphatic rings. The zero-order valence-corrected chi connectivity index (χ0v) is 50.1. The van der Waals surface area contributed by atoms with Crippen molar-refractivity contribution in [3.8, 4) is 0 Å². The van der Waals surface area contributed by atoms with Crippen LogP contribution in [0.3, 0.4) is 0 Å². The third-order valence-corrected chi connectivity index (χ3v) is 14.9. The molecule has 388 valence electrons. The summed E-state index contributed by atoms with van der Waals surface area (Å²) < 4.78 is 6.02. The SMILES string of the molecule is CC1=C(C)SC(C)(C)C(C)(C)O1.Cc1cnnc(C)c1C.Cc1nc(C)c(C)c(C)n1.Cc1nc(C)c(C)c(C)n1.Cc1nc(C)c(C)c(C)n1.Cc1nc(C)c(C)nc1C.Cc1nnc(C)c(C)c1C. The fourth-order valence-electron chi connectivity index (χ4n) is 6.30. The van der Waals surface area contributed by atoms with Gasteiger partial charge < -0.3 is 4.74 Å². The van der Waals surface area contributed by atoms with Gasteiger partial charge in [-0.15, -0.1) is 11.8 Å². The van der Waals surface area contributed by atoms with Crippen LogP contribution < -0.4 is 0 Å². The van der Waals surface area contributed by atoms with Crippen LogP contribution in [0, 0.1) is 159 Å². The molecule has 0 N–H and O–H groups in total. The first kappa shape index (κ1) is 63.4. The maximum atomic E-state index is 5.86. The molecule has 71 heavy (non-hydrogen) atoms. The van der Waals surface area contributed by atoms with Gasteiger partial charge in [0.2, 0.25) is 0 Å². The molecule has 0 spiro atoms. The summed E-state index contributed by atoms with van der Waals surface area (Å²) in [5.41, 5.74) is 22.2. The number of ether oxygens (including phenoxy) is 1. The van der Waals surface area contributed by atoms with Crippen molar-refractivity contribution >= 4 is 11.8 Å². The van der Waals surface area contributed by atoms with Crippen molar-refractivity contribution in [1.82, 2.24) is 60.3 Å². The quantitative estimate of drug-likeness (QED) is 0.141. The van der Waals surface area contributed by atoms with E-state index in [4.69, 9.17) is 4.74 Å². The predicted molar refractivity (Wildman–Crippen MR) is 296 cm³/mol. The molecule has 0 saturated carbocycles. The predicted octanol–water partition coefficient (Wildman–Crippen LogP) is 13.5. The van der Waals surface area contributed by atoms with Crippen LogP contribution in [0.15, 0.2) is 16.9 Å². The van der Waals surface area contributed by atoms with Gasteiger partial charge in [-0.3, -0.25) is 9.97 Å². The Morgan fingerprint density at radius 3 is 0.859 bits per heavy atom. The van der Waals surface area contributed by atoms with E-state index < -0.39 is 0 Å². The second-order valence-electron chi connectivity index (χ2n) is 19.5. The van der Waals surface area contributed by atoms with E-state index in [1.807, 2.05) is 157 Å². The summed E-state index contributed by atoms with van der Waals surface area (Å²) >= 11 is 1.91. The van der Waals surface area contributed by atoms with Gasteiger partial charge in [0.25, 0.3) is 0 Å². The lowest BCUT2D eigenvalue weighted by Crippen LogP contribution is -2.46. The average Bonchev–Trinajstić information content (AvgIpc) is 3.26. The number of hydrogen-bond acceptors (Lipinski definition) is 14. The highest BCUT2D eigenvalue weighted by Crippen LogP contribution is 2.47. The molecule has 7 heterocycles. The lowest BCUT2D eigenvalue weighted by atomic mass is 9.93. The number of nitrogens with zero attached hydrogens (tertiary/aromatic N) is 12. The molecule has 7 rings (SSSR count). The number of hydrogen-bond donors (Lipinski definition) is 0. The van der Waals surface area contributed by atoms with E-state index >= 15 is 0 Å². The van der Waals surface area contributed by atoms with Crippen LogP contribution in [0.4, 0.5) is 0 Å². The maximum Gasteiger partial charge on any atom is 0.125 e. The highest BCUT2D eigenvalue weighted by molar-refractivity contribution is 8.04. The summed E-state index contributed by atoms with van der Waals surface area (Å²) in [6, 6.07) is 0. The fourth-order valence-corrected chi connectivity index (χ4v) is 7.54. The normalized spacial score (nSPS) is 12.8. The van der Waals surface area contributed by atoms with Gasteiger partial charge in [-0.05, 0) is 240 Å². The monoisotopic (exact) mass is 989 g/mol. The number of allylic oxidation sites excluding steroid dienone is 2. The van der Waals surface area contributed by atoms with Gasteiger partial charge in [0.1, 0.15) is 28.8 Å². The maximum absolute atomic E-state index is 5.86. The molecule has 0 amide bonds. The number of aryl methyl sites for hydroxylation is 17. The highest BCUT2D eigenvalue weighted by atomic mass is 32.2. The summed E-state index contributed by atoms with van der Waals surface area (Å²) in [7, 11) is 0. The lowest BCUT2D eigenvalue weighted by molar-refractivity contribution is 0.00569. The Kier molecular flexibility index (Phi) is 24.8. The van der Waals surface area contributed by atoms with Crippen molar-refractivity contribution in [2.75, 3.05) is 0 Å². The summed E-state index contributed by atoms with van der Waals surface area (Å²) in [5.74, 6) is 3.66. The van der Waals surface area contributed by atoms with Gasteiger partial charge in [-0.1, -0.05) is 0 Å². The first-order chi connectivity index (χ1) is 32.5. The molecule has 14 heteroatoms. The highest BCUT2D eigenvalue weighted by Gasteiger charge is 2.43. The van der Waals surface area contributed by atoms with E-state index in [-0.39, 0.29) is 10.3 Å². The molecule has 13 nitrogen and oxygen atoms in total. The molecule has 0 aromatic carbocycles. The minimum absolute atomic E-state index is 0.0682. The van der Waals surface area contributed by atoms with Crippen LogP contribution in [-0.2, 0) is 4.74 Å². The minimum Gasteiger partial charge on any atom is -0.490 e. The zero-order chi connectivity index (χ0) is 55.0. The van der Waals surface area contributed by atoms with Crippen LogP contribution >= 0.6 is 11.8 Å². The van der Waals surface area contributed by atoms with Crippen molar-refractivity contribution in [1.29, 1.82) is 0 Å². The Morgan fingerprint density at radius 1 is 0.324 bits per heavy atom. The Labute approximate surface area is 433 Å². The molecule has 6 aromatic heterocycles. The van der Waals surface area contributed by atoms with Gasteiger partial charge in [0.05, 0.1) is 50.8 Å². The molecule has 0 atom stereocenters. The molecule has 0 saturated heterocycles. The summed E-state index contributed by atoms with van der Waals surface area (Å²) in [6.45, 7) is 59.0. The first-order valence-electron chi connectivity index (χ1n) is 24.3. The van der Waals surface area contributed by atoms with E-state index in [0.29, 0.717) is 0 Å². The summed E-state index contributed by atoms with van der Waals surface area (Å²) in [4.78, 5) is 35.3. The van der Waals surface area contributed by atoms with E-state index in [2.05, 4.69) is 116 Å². The van der Waals surface area contributed by atoms with Crippen LogP contribution in [0.5, 0.6) is 0 Å². The van der Waals surface area contributed by atoms with E-state index in [9.17, 15) is 0 Å². The van der Waals surface area contributed by atoms with Gasteiger partial charge in [-0.25, -0.2) is 29.9 Å². The number of rotatable bonds is 0. The Morgan fingerprint density at radius 2 is 0.606 bits per heavy atom. The topological polar surface area (TPSA) is 164 Å². The standard InChI is InChI=1S/C10H18OS.5C8H12N2.C7H10N2/c1-7-8(2)12-10(5,6)9(3,4)11-7;1-5-6(2)10-8(4)7(3)9-5;3*1-5-6(2)9-8(4)10-7(5)3;1-5-6(2)8(4)10-9-7(5)3;1-5-4-8-9-7(3)6(5)2/h1-6H3;5*1-4H3;4H,1-3H3. The minimum atomic E-state index is -0.0682. The fraction of sp³-hybridized carbons (Fsp3) is 0.544. The molecule has 0 unspecified atom stereocenters. The molecular formula is C57H88N12OS. The smallest absolute Gasteiger partial charge is 0.125 e. The summed E-state index contributed by atoms with van der Waals surface area (Å²) in [5, 5.41) is 15.7. The van der Waals surface area contributed by atoms with Crippen LogP contribution in [-0.4, -0.2) is 70.6 Å². The van der Waals surface area contributed by atoms with E-state index in [1.54, 1.807) is 6.20 Å². The van der Waals surface area contributed by atoms with Crippen molar-refractivity contribution < 1.29 is 4.74 Å². The molecule has 0 fully saturated rings. The number of thioether (sulfide) groups is 1. The van der Waals surface area contributed by atoms with Crippen LogP contribution in [0.1, 0.15) is 172 Å². The van der Waals surface area contributed by atoms with Gasteiger partial charge in [0.15, 0.2) is 0 Å². The molecule has 0 aliphatic carbocycles. The van der Waals surface area contributed by atoms with Crippen LogP contribution in [0.25, 0.3) is 0 Å². The lowest BCUT2D eigenvalue weighted by Gasteiger charge is -2.45. The third-order valence-electron chi connectivity index (χ3n) is 13.3. The Bertz CT molecular complexity index is 2460. The molecule has 0 radical (unpaired) electrons. The average molecular weight is 989 g/mol. The number of aromatic nitrogens is 12. The zero-order valence-electron chi connectivity index (χ0n) is 49.3. The second kappa shape index (κ2) is 27.8. The largest absolute Gasteiger partial charge is 0.490 e. The molecule has 6 aromatic rings. The molecule has 0 bridgehead atoms. The Hall–Kier alpha value is -5.63. The Balaban J connectivity index is 0.000000415. The van der Waals surface area contributed by atoms with Crippen molar-refractivity contribution in [2.24, 2.45) is 0 Å².